The minimum Gasteiger partial charge on any atom is -0.459 e. The lowest BCUT2D eigenvalue weighted by molar-refractivity contribution is 0.0935. The fourth-order valence-electron chi connectivity index (χ4n) is 2.77. The molecule has 6 nitrogen and oxygen atoms in total. The van der Waals surface area contributed by atoms with E-state index in [4.69, 9.17) is 4.42 Å². The first-order valence-electron chi connectivity index (χ1n) is 8.65. The summed E-state index contributed by atoms with van der Waals surface area (Å²) in [5.41, 5.74) is 2.28. The summed E-state index contributed by atoms with van der Waals surface area (Å²) in [4.78, 5) is 12.5. The van der Waals surface area contributed by atoms with E-state index in [0.29, 0.717) is 24.3 Å². The van der Waals surface area contributed by atoms with Crippen molar-refractivity contribution in [2.75, 3.05) is 12.8 Å². The van der Waals surface area contributed by atoms with Crippen LogP contribution in [-0.4, -0.2) is 27.1 Å². The molecular weight excluding hydrogens is 364 g/mol. The van der Waals surface area contributed by atoms with Crippen molar-refractivity contribution in [2.24, 2.45) is 0 Å². The number of hydrogen-bond acceptors (Lipinski definition) is 4. The van der Waals surface area contributed by atoms with E-state index in [2.05, 4.69) is 10.0 Å². The molecule has 0 aliphatic carbocycles. The van der Waals surface area contributed by atoms with Gasteiger partial charge in [0.15, 0.2) is 0 Å². The minimum absolute atomic E-state index is 0.191. The Kier molecular flexibility index (Phi) is 5.62. The quantitative estimate of drug-likeness (QED) is 0.653. The van der Waals surface area contributed by atoms with Gasteiger partial charge in [-0.15, -0.1) is 0 Å². The molecule has 0 radical (unpaired) electrons. The van der Waals surface area contributed by atoms with Crippen molar-refractivity contribution in [3.63, 3.8) is 0 Å². The van der Waals surface area contributed by atoms with Crippen LogP contribution in [0.15, 0.2) is 59.0 Å². The molecule has 0 spiro atoms. The zero-order chi connectivity index (χ0) is 19.4. The van der Waals surface area contributed by atoms with Crippen LogP contribution in [0.3, 0.4) is 0 Å². The van der Waals surface area contributed by atoms with Crippen LogP contribution in [-0.2, 0) is 16.4 Å². The van der Waals surface area contributed by atoms with Crippen molar-refractivity contribution in [1.29, 1.82) is 0 Å². The van der Waals surface area contributed by atoms with E-state index < -0.39 is 10.0 Å². The van der Waals surface area contributed by atoms with Crippen molar-refractivity contribution in [3.05, 3.63) is 71.5 Å². The van der Waals surface area contributed by atoms with E-state index in [1.165, 1.54) is 0 Å². The zero-order valence-electron chi connectivity index (χ0n) is 15.2. The topological polar surface area (TPSA) is 88.4 Å². The van der Waals surface area contributed by atoms with E-state index in [-0.39, 0.29) is 11.9 Å². The number of amides is 1. The summed E-state index contributed by atoms with van der Waals surface area (Å²) in [7, 11) is -3.19. The van der Waals surface area contributed by atoms with Crippen molar-refractivity contribution >= 4 is 26.9 Å². The summed E-state index contributed by atoms with van der Waals surface area (Å²) in [5, 5.41) is 3.93. The van der Waals surface area contributed by atoms with Gasteiger partial charge in [0, 0.05) is 17.5 Å². The van der Waals surface area contributed by atoms with Crippen molar-refractivity contribution in [1.82, 2.24) is 10.0 Å². The van der Waals surface area contributed by atoms with Crippen molar-refractivity contribution < 1.29 is 17.6 Å². The highest BCUT2D eigenvalue weighted by Gasteiger charge is 2.15. The van der Waals surface area contributed by atoms with Crippen LogP contribution < -0.4 is 10.0 Å². The molecule has 7 heteroatoms. The Labute approximate surface area is 158 Å². The highest BCUT2D eigenvalue weighted by Crippen LogP contribution is 2.23. The molecule has 1 heterocycles. The third-order valence-electron chi connectivity index (χ3n) is 4.21. The molecule has 0 fully saturated rings. The number of furan rings is 1. The molecule has 0 bridgehead atoms. The molecule has 1 atom stereocenters. The number of sulfonamides is 1. The zero-order valence-corrected chi connectivity index (χ0v) is 16.0. The first-order chi connectivity index (χ1) is 12.8. The second kappa shape index (κ2) is 7.94. The molecule has 1 amide bonds. The summed E-state index contributed by atoms with van der Waals surface area (Å²) in [6, 6.07) is 16.5. The standard InChI is InChI=1S/C20H22N2O4S/c1-14(19-13-17-5-3-4-6-18(17)26-19)22-20(23)16-9-7-15(8-10-16)11-12-21-27(2,24)25/h3-10,13-14,21H,11-12H2,1-2H3,(H,22,23). The molecule has 3 aromatic rings. The number of rotatable bonds is 7. The first kappa shape index (κ1) is 19.1. The van der Waals surface area contributed by atoms with E-state index in [9.17, 15) is 13.2 Å². The molecule has 142 valence electrons. The average Bonchev–Trinajstić information content (AvgIpc) is 3.05. The molecule has 0 aliphatic heterocycles. The molecule has 27 heavy (non-hydrogen) atoms. The fourth-order valence-corrected chi connectivity index (χ4v) is 3.24. The fraction of sp³-hybridized carbons (Fsp3) is 0.250. The number of benzene rings is 2. The van der Waals surface area contributed by atoms with Gasteiger partial charge in [-0.3, -0.25) is 4.79 Å². The van der Waals surface area contributed by atoms with Crippen LogP contribution in [0.25, 0.3) is 11.0 Å². The van der Waals surface area contributed by atoms with Crippen LogP contribution >= 0.6 is 0 Å². The van der Waals surface area contributed by atoms with Crippen LogP contribution in [0.2, 0.25) is 0 Å². The number of para-hydroxylation sites is 1. The van der Waals surface area contributed by atoms with Gasteiger partial charge in [0.05, 0.1) is 12.3 Å². The van der Waals surface area contributed by atoms with Crippen LogP contribution in [0.4, 0.5) is 0 Å². The van der Waals surface area contributed by atoms with Crippen LogP contribution in [0.1, 0.15) is 34.6 Å². The number of carbonyl (C=O) groups excluding carboxylic acids is 1. The Hall–Kier alpha value is -2.64. The van der Waals surface area contributed by atoms with Crippen molar-refractivity contribution in [2.45, 2.75) is 19.4 Å². The Morgan fingerprint density at radius 2 is 1.81 bits per heavy atom. The number of carbonyl (C=O) groups is 1. The van der Waals surface area contributed by atoms with Gasteiger partial charge in [-0.05, 0) is 43.2 Å². The molecule has 2 aromatic carbocycles. The Balaban J connectivity index is 1.60. The average molecular weight is 386 g/mol. The van der Waals surface area contributed by atoms with E-state index in [1.807, 2.05) is 49.4 Å². The van der Waals surface area contributed by atoms with Crippen LogP contribution in [0.5, 0.6) is 0 Å². The molecular formula is C20H22N2O4S. The predicted molar refractivity (Wildman–Crippen MR) is 105 cm³/mol. The summed E-state index contributed by atoms with van der Waals surface area (Å²) >= 11 is 0. The lowest BCUT2D eigenvalue weighted by atomic mass is 10.1. The predicted octanol–water partition coefficient (Wildman–Crippen LogP) is 3.02. The lowest BCUT2D eigenvalue weighted by Gasteiger charge is -2.12. The third-order valence-corrected chi connectivity index (χ3v) is 4.94. The van der Waals surface area contributed by atoms with Crippen LogP contribution in [0, 0.1) is 0 Å². The number of hydrogen-bond donors (Lipinski definition) is 2. The van der Waals surface area contributed by atoms with Gasteiger partial charge in [-0.1, -0.05) is 30.3 Å². The molecule has 3 rings (SSSR count). The van der Waals surface area contributed by atoms with Gasteiger partial charge in [-0.25, -0.2) is 13.1 Å². The summed E-state index contributed by atoms with van der Waals surface area (Å²) in [6.45, 7) is 2.20. The Morgan fingerprint density at radius 1 is 1.11 bits per heavy atom. The molecule has 0 saturated heterocycles. The maximum Gasteiger partial charge on any atom is 0.251 e. The maximum absolute atomic E-state index is 12.5. The van der Waals surface area contributed by atoms with E-state index in [0.717, 1.165) is 22.8 Å². The first-order valence-corrected chi connectivity index (χ1v) is 10.5. The smallest absolute Gasteiger partial charge is 0.251 e. The SMILES string of the molecule is CC(NC(=O)c1ccc(CCNS(C)(=O)=O)cc1)c1cc2ccccc2o1. The molecule has 1 aromatic heterocycles. The maximum atomic E-state index is 12.5. The molecule has 0 saturated carbocycles. The highest BCUT2D eigenvalue weighted by molar-refractivity contribution is 7.88. The Morgan fingerprint density at radius 3 is 2.48 bits per heavy atom. The molecule has 0 aliphatic rings. The van der Waals surface area contributed by atoms with Gasteiger partial charge in [-0.2, -0.15) is 0 Å². The largest absolute Gasteiger partial charge is 0.459 e. The second-order valence-electron chi connectivity index (χ2n) is 6.50. The normalized spacial score (nSPS) is 12.8. The van der Waals surface area contributed by atoms with E-state index >= 15 is 0 Å². The number of nitrogens with one attached hydrogen (secondary N) is 2. The third kappa shape index (κ3) is 5.18. The van der Waals surface area contributed by atoms with Gasteiger partial charge < -0.3 is 9.73 Å². The Bertz CT molecular complexity index is 1010. The highest BCUT2D eigenvalue weighted by atomic mass is 32.2. The van der Waals surface area contributed by atoms with Gasteiger partial charge in [0.25, 0.3) is 5.91 Å². The molecule has 1 unspecified atom stereocenters. The van der Waals surface area contributed by atoms with Gasteiger partial charge in [0.2, 0.25) is 10.0 Å². The number of fused-ring (bicyclic) bond motifs is 1. The van der Waals surface area contributed by atoms with Crippen molar-refractivity contribution in [3.8, 4) is 0 Å². The van der Waals surface area contributed by atoms with E-state index in [1.54, 1.807) is 12.1 Å². The molecule has 2 N–H and O–H groups in total. The minimum atomic E-state index is -3.19. The lowest BCUT2D eigenvalue weighted by Crippen LogP contribution is -2.26. The van der Waals surface area contributed by atoms with Gasteiger partial charge >= 0.3 is 0 Å². The summed E-state index contributed by atoms with van der Waals surface area (Å²) in [5.74, 6) is 0.511. The van der Waals surface area contributed by atoms with Gasteiger partial charge in [0.1, 0.15) is 11.3 Å². The second-order valence-corrected chi connectivity index (χ2v) is 8.33. The summed E-state index contributed by atoms with van der Waals surface area (Å²) in [6.07, 6.45) is 1.69. The summed E-state index contributed by atoms with van der Waals surface area (Å²) < 4.78 is 30.4. The monoisotopic (exact) mass is 386 g/mol.